The lowest BCUT2D eigenvalue weighted by atomic mass is 10.2. The Morgan fingerprint density at radius 2 is 2.21 bits per heavy atom. The molecule has 0 amide bonds. The van der Waals surface area contributed by atoms with Crippen LogP contribution < -0.4 is 5.73 Å². The highest BCUT2D eigenvalue weighted by Crippen LogP contribution is 2.24. The monoisotopic (exact) mass is 209 g/mol. The number of nitrogen functional groups attached to an aromatic ring is 1. The summed E-state index contributed by atoms with van der Waals surface area (Å²) < 4.78 is 0. The zero-order chi connectivity index (χ0) is 10.1. The Morgan fingerprint density at radius 3 is 2.79 bits per heavy atom. The van der Waals surface area contributed by atoms with Gasteiger partial charge in [0.05, 0.1) is 17.8 Å². The maximum absolute atomic E-state index is 5.86. The molecule has 1 aromatic carbocycles. The quantitative estimate of drug-likeness (QED) is 0.715. The number of anilines is 1. The van der Waals surface area contributed by atoms with Crippen LogP contribution in [0.25, 0.3) is 11.4 Å². The lowest BCUT2D eigenvalue weighted by Gasteiger charge is -1.98. The topological polar surface area (TPSA) is 69.6 Å². The zero-order valence-corrected chi connectivity index (χ0v) is 8.23. The molecule has 2 rings (SSSR count). The molecule has 0 aliphatic carbocycles. The maximum Gasteiger partial charge on any atom is 0.204 e. The van der Waals surface area contributed by atoms with Gasteiger partial charge in [0.2, 0.25) is 5.82 Å². The predicted molar refractivity (Wildman–Crippen MR) is 53.7 cm³/mol. The number of hydrogen-bond donors (Lipinski definition) is 1. The number of nitrogens with two attached hydrogens (primary N) is 1. The fraction of sp³-hybridized carbons (Fsp3) is 0.125. The Balaban J connectivity index is 2.47. The summed E-state index contributed by atoms with van der Waals surface area (Å²) in [7, 11) is 1.70. The van der Waals surface area contributed by atoms with Crippen molar-refractivity contribution in [3.05, 3.63) is 23.2 Å². The second-order valence-corrected chi connectivity index (χ2v) is 3.25. The summed E-state index contributed by atoms with van der Waals surface area (Å²) in [5, 5.41) is 12.1. The fourth-order valence-electron chi connectivity index (χ4n) is 1.07. The highest BCUT2D eigenvalue weighted by atomic mass is 35.5. The molecule has 0 fully saturated rings. The number of nitrogens with zero attached hydrogens (tertiary/aromatic N) is 4. The van der Waals surface area contributed by atoms with Crippen molar-refractivity contribution in [1.82, 2.24) is 20.2 Å². The highest BCUT2D eigenvalue weighted by Gasteiger charge is 2.05. The largest absolute Gasteiger partial charge is 0.398 e. The summed E-state index contributed by atoms with van der Waals surface area (Å²) in [5.74, 6) is 0.536. The lowest BCUT2D eigenvalue weighted by molar-refractivity contribution is 0.630. The average Bonchev–Trinajstić information content (AvgIpc) is 2.57. The van der Waals surface area contributed by atoms with Crippen molar-refractivity contribution in [2.24, 2.45) is 7.05 Å². The molecule has 0 atom stereocenters. The van der Waals surface area contributed by atoms with E-state index in [1.165, 1.54) is 4.80 Å². The summed E-state index contributed by atoms with van der Waals surface area (Å²) >= 11 is 5.86. The van der Waals surface area contributed by atoms with Crippen LogP contribution in [0.5, 0.6) is 0 Å². The van der Waals surface area contributed by atoms with Crippen LogP contribution in [-0.2, 0) is 7.05 Å². The molecule has 72 valence electrons. The minimum atomic E-state index is 0.495. The Bertz CT molecular complexity index is 465. The summed E-state index contributed by atoms with van der Waals surface area (Å²) in [5.41, 5.74) is 6.92. The standard InChI is InChI=1S/C8H8ClN5/c1-14-12-8(11-13-14)5-2-3-7(10)6(9)4-5/h2-4H,10H2,1H3. The normalized spacial score (nSPS) is 10.4. The van der Waals surface area contributed by atoms with Crippen molar-refractivity contribution in [3.8, 4) is 11.4 Å². The van der Waals surface area contributed by atoms with E-state index in [9.17, 15) is 0 Å². The van der Waals surface area contributed by atoms with Gasteiger partial charge in [-0.3, -0.25) is 0 Å². The van der Waals surface area contributed by atoms with Crippen LogP contribution in [0.4, 0.5) is 5.69 Å². The van der Waals surface area contributed by atoms with E-state index in [1.54, 1.807) is 25.2 Å². The van der Waals surface area contributed by atoms with Gasteiger partial charge in [-0.05, 0) is 23.4 Å². The average molecular weight is 210 g/mol. The van der Waals surface area contributed by atoms with Crippen molar-refractivity contribution in [1.29, 1.82) is 0 Å². The Kier molecular flexibility index (Phi) is 2.09. The molecular formula is C8H8ClN5. The maximum atomic E-state index is 5.86. The molecule has 2 N–H and O–H groups in total. The molecule has 14 heavy (non-hydrogen) atoms. The fourth-order valence-corrected chi connectivity index (χ4v) is 1.25. The van der Waals surface area contributed by atoms with Crippen molar-refractivity contribution < 1.29 is 0 Å². The van der Waals surface area contributed by atoms with Gasteiger partial charge in [0.25, 0.3) is 0 Å². The molecule has 5 nitrogen and oxygen atoms in total. The van der Waals surface area contributed by atoms with E-state index in [4.69, 9.17) is 17.3 Å². The summed E-state index contributed by atoms with van der Waals surface area (Å²) in [6.45, 7) is 0. The third-order valence-electron chi connectivity index (χ3n) is 1.77. The second kappa shape index (κ2) is 3.26. The molecule has 0 saturated heterocycles. The molecule has 0 bridgehead atoms. The van der Waals surface area contributed by atoms with Gasteiger partial charge in [0.15, 0.2) is 0 Å². The molecule has 0 spiro atoms. The number of benzene rings is 1. The minimum Gasteiger partial charge on any atom is -0.398 e. The predicted octanol–water partition coefficient (Wildman–Crippen LogP) is 1.11. The van der Waals surface area contributed by atoms with Crippen LogP contribution in [0.3, 0.4) is 0 Å². The summed E-state index contributed by atoms with van der Waals surface area (Å²) in [6, 6.07) is 5.24. The van der Waals surface area contributed by atoms with Gasteiger partial charge in [-0.2, -0.15) is 4.80 Å². The van der Waals surface area contributed by atoms with Crippen LogP contribution >= 0.6 is 11.6 Å². The first-order valence-corrected chi connectivity index (χ1v) is 4.34. The first kappa shape index (κ1) is 8.96. The third kappa shape index (κ3) is 1.54. The van der Waals surface area contributed by atoms with E-state index >= 15 is 0 Å². The van der Waals surface area contributed by atoms with E-state index in [0.717, 1.165) is 5.56 Å². The molecule has 1 heterocycles. The SMILES string of the molecule is Cn1nnc(-c2ccc(N)c(Cl)c2)n1. The van der Waals surface area contributed by atoms with Gasteiger partial charge in [-0.15, -0.1) is 10.2 Å². The van der Waals surface area contributed by atoms with Crippen molar-refractivity contribution >= 4 is 17.3 Å². The van der Waals surface area contributed by atoms with Crippen LogP contribution in [-0.4, -0.2) is 20.2 Å². The third-order valence-corrected chi connectivity index (χ3v) is 2.09. The van der Waals surface area contributed by atoms with Gasteiger partial charge in [0, 0.05) is 5.56 Å². The van der Waals surface area contributed by atoms with Gasteiger partial charge in [-0.1, -0.05) is 11.6 Å². The number of rotatable bonds is 1. The van der Waals surface area contributed by atoms with Crippen LogP contribution in [0, 0.1) is 0 Å². The Hall–Kier alpha value is -1.62. The van der Waals surface area contributed by atoms with E-state index in [1.807, 2.05) is 0 Å². The van der Waals surface area contributed by atoms with Gasteiger partial charge < -0.3 is 5.73 Å². The number of tetrazole rings is 1. The smallest absolute Gasteiger partial charge is 0.204 e. The minimum absolute atomic E-state index is 0.495. The molecule has 0 radical (unpaired) electrons. The Morgan fingerprint density at radius 1 is 1.43 bits per heavy atom. The number of hydrogen-bond acceptors (Lipinski definition) is 4. The van der Waals surface area contributed by atoms with E-state index in [0.29, 0.717) is 16.5 Å². The first-order chi connectivity index (χ1) is 6.66. The molecule has 2 aromatic rings. The lowest BCUT2D eigenvalue weighted by Crippen LogP contribution is -1.92. The van der Waals surface area contributed by atoms with Crippen molar-refractivity contribution in [2.45, 2.75) is 0 Å². The molecular weight excluding hydrogens is 202 g/mol. The van der Waals surface area contributed by atoms with Crippen molar-refractivity contribution in [2.75, 3.05) is 5.73 Å². The molecule has 0 aliphatic heterocycles. The number of aryl methyl sites for hydroxylation is 1. The van der Waals surface area contributed by atoms with Crippen LogP contribution in [0.1, 0.15) is 0 Å². The first-order valence-electron chi connectivity index (χ1n) is 3.96. The zero-order valence-electron chi connectivity index (χ0n) is 7.48. The molecule has 1 aromatic heterocycles. The summed E-state index contributed by atoms with van der Waals surface area (Å²) in [6.07, 6.45) is 0. The van der Waals surface area contributed by atoms with E-state index in [2.05, 4.69) is 15.4 Å². The number of aromatic nitrogens is 4. The molecule has 0 unspecified atom stereocenters. The molecule has 6 heteroatoms. The van der Waals surface area contributed by atoms with Crippen LogP contribution in [0.2, 0.25) is 5.02 Å². The summed E-state index contributed by atoms with van der Waals surface area (Å²) in [4.78, 5) is 1.39. The molecule has 0 aliphatic rings. The van der Waals surface area contributed by atoms with Crippen LogP contribution in [0.15, 0.2) is 18.2 Å². The van der Waals surface area contributed by atoms with Crippen molar-refractivity contribution in [3.63, 3.8) is 0 Å². The number of halogens is 1. The van der Waals surface area contributed by atoms with E-state index < -0.39 is 0 Å². The van der Waals surface area contributed by atoms with E-state index in [-0.39, 0.29) is 0 Å². The second-order valence-electron chi connectivity index (χ2n) is 2.84. The Labute approximate surface area is 85.5 Å². The van der Waals surface area contributed by atoms with Gasteiger partial charge in [-0.25, -0.2) is 0 Å². The van der Waals surface area contributed by atoms with Gasteiger partial charge >= 0.3 is 0 Å². The van der Waals surface area contributed by atoms with Gasteiger partial charge in [0.1, 0.15) is 0 Å². The molecule has 0 saturated carbocycles. The highest BCUT2D eigenvalue weighted by molar-refractivity contribution is 6.33.